The highest BCUT2D eigenvalue weighted by Crippen LogP contribution is 2.18. The van der Waals surface area contributed by atoms with Gasteiger partial charge in [0.1, 0.15) is 0 Å². The summed E-state index contributed by atoms with van der Waals surface area (Å²) in [4.78, 5) is 0. The van der Waals surface area contributed by atoms with Crippen molar-refractivity contribution in [2.75, 3.05) is 39.8 Å². The molecule has 1 atom stereocenters. The van der Waals surface area contributed by atoms with Crippen molar-refractivity contribution in [3.63, 3.8) is 0 Å². The van der Waals surface area contributed by atoms with E-state index < -0.39 is 10.2 Å². The Morgan fingerprint density at radius 2 is 1.90 bits per heavy atom. The monoisotopic (exact) mass is 305 g/mol. The largest absolute Gasteiger partial charge is 0.377 e. The minimum atomic E-state index is -3.34. The first-order chi connectivity index (χ1) is 9.62. The summed E-state index contributed by atoms with van der Waals surface area (Å²) in [5, 5.41) is 3.16. The van der Waals surface area contributed by atoms with Crippen LogP contribution in [0.4, 0.5) is 0 Å². The average molecular weight is 305 g/mol. The quantitative estimate of drug-likeness (QED) is 0.741. The molecule has 0 spiro atoms. The third kappa shape index (κ3) is 4.66. The van der Waals surface area contributed by atoms with Gasteiger partial charge in [-0.1, -0.05) is 0 Å². The van der Waals surface area contributed by atoms with Crippen LogP contribution in [-0.4, -0.2) is 58.7 Å². The van der Waals surface area contributed by atoms with E-state index in [0.29, 0.717) is 25.6 Å². The van der Waals surface area contributed by atoms with Crippen molar-refractivity contribution in [1.29, 1.82) is 0 Å². The highest BCUT2D eigenvalue weighted by atomic mass is 32.2. The van der Waals surface area contributed by atoms with Gasteiger partial charge in [-0.05, 0) is 51.6 Å². The molecule has 7 heteroatoms. The number of hydrogen-bond acceptors (Lipinski definition) is 4. The van der Waals surface area contributed by atoms with Gasteiger partial charge in [0.25, 0.3) is 10.2 Å². The van der Waals surface area contributed by atoms with Crippen LogP contribution >= 0.6 is 0 Å². The Hall–Kier alpha value is -0.210. The maximum Gasteiger partial charge on any atom is 0.279 e. The molecular formula is C13H27N3O3S. The van der Waals surface area contributed by atoms with E-state index in [9.17, 15) is 8.42 Å². The minimum Gasteiger partial charge on any atom is -0.377 e. The van der Waals surface area contributed by atoms with E-state index in [2.05, 4.69) is 10.0 Å². The molecule has 0 aromatic rings. The standard InChI is InChI=1S/C13H27N3O3S/c1-14-10-12-5-7-16(8-6-12)20(17,18)15-11-13-4-2-3-9-19-13/h12-15H,2-11H2,1H3. The molecule has 0 aliphatic carbocycles. The molecule has 20 heavy (non-hydrogen) atoms. The van der Waals surface area contributed by atoms with E-state index in [-0.39, 0.29) is 6.10 Å². The summed E-state index contributed by atoms with van der Waals surface area (Å²) in [5.41, 5.74) is 0. The van der Waals surface area contributed by atoms with Crippen LogP contribution in [0.15, 0.2) is 0 Å². The number of nitrogens with zero attached hydrogens (tertiary/aromatic N) is 1. The predicted octanol–water partition coefficient (Wildman–Crippen LogP) is 0.321. The fourth-order valence-electron chi connectivity index (χ4n) is 2.90. The van der Waals surface area contributed by atoms with Crippen LogP contribution in [-0.2, 0) is 14.9 Å². The predicted molar refractivity (Wildman–Crippen MR) is 78.7 cm³/mol. The molecule has 2 rings (SSSR count). The SMILES string of the molecule is CNCC1CCN(S(=O)(=O)NCC2CCCCO2)CC1. The average Bonchev–Trinajstić information content (AvgIpc) is 2.47. The first-order valence-corrected chi connectivity index (χ1v) is 9.07. The van der Waals surface area contributed by atoms with Crippen LogP contribution < -0.4 is 10.0 Å². The number of piperidine rings is 1. The Labute approximate surface area is 122 Å². The second kappa shape index (κ2) is 7.70. The molecule has 0 amide bonds. The molecule has 0 saturated carbocycles. The molecular weight excluding hydrogens is 278 g/mol. The summed E-state index contributed by atoms with van der Waals surface area (Å²) in [6.45, 7) is 3.36. The van der Waals surface area contributed by atoms with Crippen LogP contribution in [0.2, 0.25) is 0 Å². The zero-order chi connectivity index (χ0) is 14.4. The summed E-state index contributed by atoms with van der Waals surface area (Å²) < 4.78 is 34.3. The Morgan fingerprint density at radius 1 is 1.15 bits per heavy atom. The van der Waals surface area contributed by atoms with Gasteiger partial charge in [-0.2, -0.15) is 17.4 Å². The van der Waals surface area contributed by atoms with Crippen LogP contribution in [0.3, 0.4) is 0 Å². The molecule has 2 saturated heterocycles. The van der Waals surface area contributed by atoms with Gasteiger partial charge in [-0.15, -0.1) is 0 Å². The summed E-state index contributed by atoms with van der Waals surface area (Å²) in [6, 6.07) is 0. The van der Waals surface area contributed by atoms with Crippen molar-refractivity contribution in [1.82, 2.24) is 14.3 Å². The van der Waals surface area contributed by atoms with E-state index in [1.165, 1.54) is 0 Å². The van der Waals surface area contributed by atoms with E-state index in [1.54, 1.807) is 4.31 Å². The van der Waals surface area contributed by atoms with Gasteiger partial charge in [0, 0.05) is 26.2 Å². The summed E-state index contributed by atoms with van der Waals surface area (Å²) >= 11 is 0. The lowest BCUT2D eigenvalue weighted by Gasteiger charge is -2.32. The summed E-state index contributed by atoms with van der Waals surface area (Å²) in [6.07, 6.45) is 5.07. The van der Waals surface area contributed by atoms with Gasteiger partial charge >= 0.3 is 0 Å². The molecule has 0 radical (unpaired) electrons. The van der Waals surface area contributed by atoms with Crippen molar-refractivity contribution in [3.05, 3.63) is 0 Å². The Kier molecular flexibility index (Phi) is 6.22. The van der Waals surface area contributed by atoms with Crippen molar-refractivity contribution < 1.29 is 13.2 Å². The summed E-state index contributed by atoms with van der Waals surface area (Å²) in [5.74, 6) is 0.591. The molecule has 0 bridgehead atoms. The second-order valence-corrected chi connectivity index (χ2v) is 7.50. The van der Waals surface area contributed by atoms with E-state index >= 15 is 0 Å². The van der Waals surface area contributed by atoms with Gasteiger partial charge in [0.05, 0.1) is 6.10 Å². The van der Waals surface area contributed by atoms with Crippen LogP contribution in [0.25, 0.3) is 0 Å². The van der Waals surface area contributed by atoms with E-state index in [4.69, 9.17) is 4.74 Å². The molecule has 2 aliphatic heterocycles. The van der Waals surface area contributed by atoms with Crippen molar-refractivity contribution in [3.8, 4) is 0 Å². The van der Waals surface area contributed by atoms with Crippen LogP contribution in [0, 0.1) is 5.92 Å². The third-order valence-corrected chi connectivity index (χ3v) is 5.75. The van der Waals surface area contributed by atoms with Crippen molar-refractivity contribution in [2.24, 2.45) is 5.92 Å². The molecule has 2 N–H and O–H groups in total. The number of nitrogens with one attached hydrogen (secondary N) is 2. The van der Waals surface area contributed by atoms with Crippen LogP contribution in [0.1, 0.15) is 32.1 Å². The van der Waals surface area contributed by atoms with E-state index in [0.717, 1.165) is 45.3 Å². The molecule has 2 aliphatic rings. The fraction of sp³-hybridized carbons (Fsp3) is 1.00. The van der Waals surface area contributed by atoms with Crippen LogP contribution in [0.5, 0.6) is 0 Å². The van der Waals surface area contributed by atoms with Crippen molar-refractivity contribution >= 4 is 10.2 Å². The first kappa shape index (κ1) is 16.2. The lowest BCUT2D eigenvalue weighted by atomic mass is 9.98. The van der Waals surface area contributed by atoms with Gasteiger partial charge < -0.3 is 10.1 Å². The van der Waals surface area contributed by atoms with Crippen molar-refractivity contribution in [2.45, 2.75) is 38.2 Å². The molecule has 6 nitrogen and oxygen atoms in total. The minimum absolute atomic E-state index is 0.0420. The Balaban J connectivity index is 1.75. The molecule has 1 unspecified atom stereocenters. The van der Waals surface area contributed by atoms with Gasteiger partial charge in [0.15, 0.2) is 0 Å². The molecule has 0 aromatic heterocycles. The zero-order valence-corrected chi connectivity index (χ0v) is 13.1. The number of rotatable bonds is 6. The van der Waals surface area contributed by atoms with Gasteiger partial charge in [-0.25, -0.2) is 0 Å². The molecule has 2 heterocycles. The lowest BCUT2D eigenvalue weighted by molar-refractivity contribution is 0.0197. The smallest absolute Gasteiger partial charge is 0.279 e. The number of ether oxygens (including phenoxy) is 1. The molecule has 0 aromatic carbocycles. The maximum atomic E-state index is 12.2. The van der Waals surface area contributed by atoms with E-state index in [1.807, 2.05) is 7.05 Å². The fourth-order valence-corrected chi connectivity index (χ4v) is 4.17. The number of hydrogen-bond donors (Lipinski definition) is 2. The topological polar surface area (TPSA) is 70.7 Å². The lowest BCUT2D eigenvalue weighted by Crippen LogP contribution is -2.48. The second-order valence-electron chi connectivity index (χ2n) is 5.74. The highest BCUT2D eigenvalue weighted by molar-refractivity contribution is 7.87. The zero-order valence-electron chi connectivity index (χ0n) is 12.3. The normalized spacial score (nSPS) is 26.8. The van der Waals surface area contributed by atoms with Gasteiger partial charge in [-0.3, -0.25) is 0 Å². The first-order valence-electron chi connectivity index (χ1n) is 7.63. The summed E-state index contributed by atoms with van der Waals surface area (Å²) in [7, 11) is -1.40. The molecule has 2 fully saturated rings. The Morgan fingerprint density at radius 3 is 2.50 bits per heavy atom. The third-order valence-electron chi connectivity index (χ3n) is 4.17. The maximum absolute atomic E-state index is 12.2. The Bertz CT molecular complexity index is 374. The highest BCUT2D eigenvalue weighted by Gasteiger charge is 2.28. The molecule has 118 valence electrons. The van der Waals surface area contributed by atoms with Gasteiger partial charge in [0.2, 0.25) is 0 Å².